The monoisotopic (exact) mass is 365 g/mol. The lowest BCUT2D eigenvalue weighted by Gasteiger charge is -2.09. The number of thioether (sulfide) groups is 1. The molecule has 0 aromatic carbocycles. The van der Waals surface area contributed by atoms with Crippen molar-refractivity contribution < 1.29 is 14.0 Å². The van der Waals surface area contributed by atoms with Gasteiger partial charge < -0.3 is 15.1 Å². The first-order chi connectivity index (χ1) is 12.0. The van der Waals surface area contributed by atoms with Crippen LogP contribution in [0, 0.1) is 5.92 Å². The second-order valence-corrected chi connectivity index (χ2v) is 6.55. The van der Waals surface area contributed by atoms with E-state index in [4.69, 9.17) is 4.42 Å². The summed E-state index contributed by atoms with van der Waals surface area (Å²) in [5.74, 6) is 1.32. The molecule has 2 N–H and O–H groups in total. The fraction of sp³-hybridized carbons (Fsp3) is 0.500. The number of hydrogen-bond donors (Lipinski definition) is 2. The quantitative estimate of drug-likeness (QED) is 0.516. The molecule has 2 heterocycles. The maximum atomic E-state index is 11.9. The van der Waals surface area contributed by atoms with E-state index < -0.39 is 0 Å². The molecule has 2 amide bonds. The number of hydrogen-bond acceptors (Lipinski definition) is 6. The molecule has 0 atom stereocenters. The molecular formula is C16H23N5O3S. The Hall–Kier alpha value is -2.29. The summed E-state index contributed by atoms with van der Waals surface area (Å²) in [4.78, 5) is 23.3. The van der Waals surface area contributed by atoms with Gasteiger partial charge in [0.25, 0.3) is 0 Å². The minimum Gasteiger partial charge on any atom is -0.461 e. The number of carbonyl (C=O) groups is 2. The van der Waals surface area contributed by atoms with Gasteiger partial charge in [0.2, 0.25) is 11.8 Å². The molecule has 0 saturated heterocycles. The molecule has 8 nitrogen and oxygen atoms in total. The van der Waals surface area contributed by atoms with Crippen LogP contribution in [0.15, 0.2) is 28.0 Å². The van der Waals surface area contributed by atoms with Crippen LogP contribution >= 0.6 is 11.8 Å². The van der Waals surface area contributed by atoms with Crippen LogP contribution in [0.25, 0.3) is 11.6 Å². The van der Waals surface area contributed by atoms with Crippen LogP contribution in [-0.2, 0) is 16.1 Å². The van der Waals surface area contributed by atoms with Gasteiger partial charge in [-0.05, 0) is 19.1 Å². The standard InChI is InChI=1S/C16H23N5O3S/c1-4-21-14(12-6-5-9-24-12)19-20-16(21)25-10-13(22)17-7-8-18-15(23)11(2)3/h5-6,9,11H,4,7-8,10H2,1-3H3,(H,17,22)(H,18,23). The Morgan fingerprint density at radius 2 is 2.04 bits per heavy atom. The maximum Gasteiger partial charge on any atom is 0.230 e. The average Bonchev–Trinajstić information content (AvgIpc) is 3.24. The third kappa shape index (κ3) is 5.35. The van der Waals surface area contributed by atoms with E-state index >= 15 is 0 Å². The Bertz CT molecular complexity index is 697. The van der Waals surface area contributed by atoms with Gasteiger partial charge in [0.05, 0.1) is 12.0 Å². The lowest BCUT2D eigenvalue weighted by Crippen LogP contribution is -2.37. The molecular weight excluding hydrogens is 342 g/mol. The predicted molar refractivity (Wildman–Crippen MR) is 95.0 cm³/mol. The van der Waals surface area contributed by atoms with E-state index in [-0.39, 0.29) is 23.5 Å². The van der Waals surface area contributed by atoms with Crippen LogP contribution in [0.5, 0.6) is 0 Å². The lowest BCUT2D eigenvalue weighted by molar-refractivity contribution is -0.124. The summed E-state index contributed by atoms with van der Waals surface area (Å²) < 4.78 is 7.26. The average molecular weight is 365 g/mol. The highest BCUT2D eigenvalue weighted by molar-refractivity contribution is 7.99. The van der Waals surface area contributed by atoms with Crippen molar-refractivity contribution in [3.05, 3.63) is 18.4 Å². The van der Waals surface area contributed by atoms with Crippen molar-refractivity contribution in [2.24, 2.45) is 5.92 Å². The molecule has 0 radical (unpaired) electrons. The second kappa shape index (κ2) is 9.26. The van der Waals surface area contributed by atoms with Crippen LogP contribution in [0.3, 0.4) is 0 Å². The summed E-state index contributed by atoms with van der Waals surface area (Å²) in [5.41, 5.74) is 0. The first-order valence-corrected chi connectivity index (χ1v) is 9.15. The van der Waals surface area contributed by atoms with Gasteiger partial charge in [-0.2, -0.15) is 0 Å². The zero-order chi connectivity index (χ0) is 18.2. The zero-order valence-electron chi connectivity index (χ0n) is 14.6. The first kappa shape index (κ1) is 19.0. The van der Waals surface area contributed by atoms with Gasteiger partial charge in [-0.25, -0.2) is 0 Å². The number of nitrogens with zero attached hydrogens (tertiary/aromatic N) is 3. The van der Waals surface area contributed by atoms with Gasteiger partial charge in [-0.1, -0.05) is 25.6 Å². The summed E-state index contributed by atoms with van der Waals surface area (Å²) >= 11 is 1.32. The lowest BCUT2D eigenvalue weighted by atomic mass is 10.2. The van der Waals surface area contributed by atoms with Crippen molar-refractivity contribution in [1.82, 2.24) is 25.4 Å². The molecule has 2 aromatic heterocycles. The van der Waals surface area contributed by atoms with E-state index in [0.29, 0.717) is 36.4 Å². The van der Waals surface area contributed by atoms with Gasteiger partial charge in [0.15, 0.2) is 16.7 Å². The number of carbonyl (C=O) groups excluding carboxylic acids is 2. The highest BCUT2D eigenvalue weighted by Gasteiger charge is 2.16. The van der Waals surface area contributed by atoms with Crippen molar-refractivity contribution in [3.63, 3.8) is 0 Å². The smallest absolute Gasteiger partial charge is 0.230 e. The van der Waals surface area contributed by atoms with Crippen LogP contribution in [0.4, 0.5) is 0 Å². The van der Waals surface area contributed by atoms with Gasteiger partial charge in [0, 0.05) is 25.6 Å². The molecule has 2 aromatic rings. The molecule has 0 spiro atoms. The van der Waals surface area contributed by atoms with Crippen molar-refractivity contribution in [1.29, 1.82) is 0 Å². The fourth-order valence-corrected chi connectivity index (χ4v) is 2.87. The summed E-state index contributed by atoms with van der Waals surface area (Å²) in [6, 6.07) is 3.62. The maximum absolute atomic E-state index is 11.9. The zero-order valence-corrected chi connectivity index (χ0v) is 15.4. The minimum atomic E-state index is -0.117. The van der Waals surface area contributed by atoms with Crippen LogP contribution in [0.1, 0.15) is 20.8 Å². The molecule has 0 unspecified atom stereocenters. The van der Waals surface area contributed by atoms with E-state index in [9.17, 15) is 9.59 Å². The number of aromatic nitrogens is 3. The topological polar surface area (TPSA) is 102 Å². The summed E-state index contributed by atoms with van der Waals surface area (Å²) in [5, 5.41) is 14.5. The first-order valence-electron chi connectivity index (χ1n) is 8.17. The molecule has 0 fully saturated rings. The van der Waals surface area contributed by atoms with E-state index in [0.717, 1.165) is 0 Å². The van der Waals surface area contributed by atoms with Gasteiger partial charge in [-0.3, -0.25) is 14.2 Å². The van der Waals surface area contributed by atoms with Crippen LogP contribution in [0.2, 0.25) is 0 Å². The normalized spacial score (nSPS) is 10.9. The highest BCUT2D eigenvalue weighted by atomic mass is 32.2. The van der Waals surface area contributed by atoms with E-state index in [2.05, 4.69) is 20.8 Å². The van der Waals surface area contributed by atoms with Crippen molar-refractivity contribution >= 4 is 23.6 Å². The minimum absolute atomic E-state index is 0.0230. The molecule has 0 aliphatic heterocycles. The SMILES string of the molecule is CCn1c(SCC(=O)NCCNC(=O)C(C)C)nnc1-c1ccco1. The number of nitrogens with one attached hydrogen (secondary N) is 2. The Morgan fingerprint density at radius 1 is 1.28 bits per heavy atom. The van der Waals surface area contributed by atoms with E-state index in [1.165, 1.54) is 11.8 Å². The van der Waals surface area contributed by atoms with E-state index in [1.807, 2.05) is 31.4 Å². The number of amides is 2. The van der Waals surface area contributed by atoms with Gasteiger partial charge in [0.1, 0.15) is 0 Å². The molecule has 0 aliphatic rings. The summed E-state index contributed by atoms with van der Waals surface area (Å²) in [6.45, 7) is 7.12. The summed E-state index contributed by atoms with van der Waals surface area (Å²) in [7, 11) is 0. The van der Waals surface area contributed by atoms with Crippen molar-refractivity contribution in [2.45, 2.75) is 32.5 Å². The third-order valence-electron chi connectivity index (χ3n) is 3.38. The number of rotatable bonds is 9. The third-order valence-corrected chi connectivity index (χ3v) is 4.34. The Kier molecular flexibility index (Phi) is 7.05. The Labute approximate surface area is 150 Å². The van der Waals surface area contributed by atoms with Crippen molar-refractivity contribution in [3.8, 4) is 11.6 Å². The van der Waals surface area contributed by atoms with Crippen LogP contribution < -0.4 is 10.6 Å². The molecule has 0 aliphatic carbocycles. The Balaban J connectivity index is 1.79. The summed E-state index contributed by atoms with van der Waals surface area (Å²) in [6.07, 6.45) is 1.59. The van der Waals surface area contributed by atoms with Crippen molar-refractivity contribution in [2.75, 3.05) is 18.8 Å². The highest BCUT2D eigenvalue weighted by Crippen LogP contribution is 2.23. The van der Waals surface area contributed by atoms with Crippen LogP contribution in [-0.4, -0.2) is 45.4 Å². The predicted octanol–water partition coefficient (Wildman–Crippen LogP) is 1.54. The molecule has 0 saturated carbocycles. The fourth-order valence-electron chi connectivity index (χ4n) is 2.04. The number of furan rings is 1. The molecule has 136 valence electrons. The molecule has 9 heteroatoms. The second-order valence-electron chi connectivity index (χ2n) is 5.61. The largest absolute Gasteiger partial charge is 0.461 e. The molecule has 25 heavy (non-hydrogen) atoms. The van der Waals surface area contributed by atoms with E-state index in [1.54, 1.807) is 12.3 Å². The van der Waals surface area contributed by atoms with Gasteiger partial charge in [-0.15, -0.1) is 10.2 Å². The van der Waals surface area contributed by atoms with Gasteiger partial charge >= 0.3 is 0 Å². The Morgan fingerprint density at radius 3 is 2.68 bits per heavy atom. The molecule has 2 rings (SSSR count). The molecule has 0 bridgehead atoms.